The predicted octanol–water partition coefficient (Wildman–Crippen LogP) is 4.66. The molecule has 0 saturated heterocycles. The van der Waals surface area contributed by atoms with E-state index in [-0.39, 0.29) is 6.10 Å². The molecule has 0 saturated carbocycles. The Labute approximate surface area is 122 Å². The molecule has 0 unspecified atom stereocenters. The lowest BCUT2D eigenvalue weighted by Gasteiger charge is -2.18. The summed E-state index contributed by atoms with van der Waals surface area (Å²) in [5.74, 6) is -0.568. The van der Waals surface area contributed by atoms with Crippen LogP contribution in [0.5, 0.6) is 5.75 Å². The second-order valence-corrected chi connectivity index (χ2v) is 4.88. The van der Waals surface area contributed by atoms with Gasteiger partial charge >= 0.3 is 5.97 Å². The molecule has 0 aliphatic rings. The highest BCUT2D eigenvalue weighted by atomic mass is 35.5. The molecule has 1 aromatic carbocycles. The van der Waals surface area contributed by atoms with Gasteiger partial charge in [0.15, 0.2) is 0 Å². The summed E-state index contributed by atoms with van der Waals surface area (Å²) in [6.07, 6.45) is 4.19. The molecular formula is C14H16Cl2O3. The molecule has 3 nitrogen and oxygen atoms in total. The average Bonchev–Trinajstić information content (AvgIpc) is 2.35. The number of hydrogen-bond acceptors (Lipinski definition) is 2. The van der Waals surface area contributed by atoms with Crippen molar-refractivity contribution in [3.05, 3.63) is 33.8 Å². The van der Waals surface area contributed by atoms with Crippen molar-refractivity contribution >= 4 is 35.2 Å². The summed E-state index contributed by atoms with van der Waals surface area (Å²) in [4.78, 5) is 10.6. The van der Waals surface area contributed by atoms with Crippen molar-refractivity contribution in [2.75, 3.05) is 0 Å². The minimum Gasteiger partial charge on any atom is -0.488 e. The predicted molar refractivity (Wildman–Crippen MR) is 78.1 cm³/mol. The highest BCUT2D eigenvalue weighted by molar-refractivity contribution is 6.35. The number of benzene rings is 1. The highest BCUT2D eigenvalue weighted by Crippen LogP contribution is 2.34. The highest BCUT2D eigenvalue weighted by Gasteiger charge is 2.13. The standard InChI is InChI=1S/C14H16Cl2O3/c1-3-11(4-2)19-14-9(5-6-13(17)18)7-10(15)8-12(14)16/h5-8,11H,3-4H2,1-2H3,(H,17,18). The lowest BCUT2D eigenvalue weighted by Crippen LogP contribution is -2.14. The first-order valence-electron chi connectivity index (χ1n) is 6.04. The Morgan fingerprint density at radius 3 is 2.53 bits per heavy atom. The first-order valence-corrected chi connectivity index (χ1v) is 6.80. The van der Waals surface area contributed by atoms with Crippen molar-refractivity contribution in [2.24, 2.45) is 0 Å². The van der Waals surface area contributed by atoms with Crippen LogP contribution in [-0.4, -0.2) is 17.2 Å². The van der Waals surface area contributed by atoms with Gasteiger partial charge in [-0.1, -0.05) is 37.0 Å². The Morgan fingerprint density at radius 2 is 2.00 bits per heavy atom. The number of carboxylic acid groups (broad SMARTS) is 1. The summed E-state index contributed by atoms with van der Waals surface area (Å²) in [5, 5.41) is 9.50. The molecule has 0 aliphatic heterocycles. The molecule has 1 N–H and O–H groups in total. The van der Waals surface area contributed by atoms with Gasteiger partial charge in [0.25, 0.3) is 0 Å². The molecule has 5 heteroatoms. The zero-order valence-corrected chi connectivity index (χ0v) is 12.3. The van der Waals surface area contributed by atoms with E-state index in [1.54, 1.807) is 12.1 Å². The summed E-state index contributed by atoms with van der Waals surface area (Å²) >= 11 is 12.0. The lowest BCUT2D eigenvalue weighted by molar-refractivity contribution is -0.131. The molecule has 1 rings (SSSR count). The number of carboxylic acids is 1. The zero-order valence-electron chi connectivity index (χ0n) is 10.8. The topological polar surface area (TPSA) is 46.5 Å². The van der Waals surface area contributed by atoms with E-state index in [1.165, 1.54) is 6.08 Å². The van der Waals surface area contributed by atoms with Crippen molar-refractivity contribution in [1.29, 1.82) is 0 Å². The minimum atomic E-state index is -1.04. The van der Waals surface area contributed by atoms with Gasteiger partial charge in [-0.05, 0) is 31.1 Å². The molecule has 0 bridgehead atoms. The van der Waals surface area contributed by atoms with Gasteiger partial charge in [-0.2, -0.15) is 0 Å². The second kappa shape index (κ2) is 7.41. The molecule has 1 aromatic rings. The van der Waals surface area contributed by atoms with Crippen LogP contribution in [0.2, 0.25) is 10.0 Å². The molecule has 0 heterocycles. The quantitative estimate of drug-likeness (QED) is 0.777. The average molecular weight is 303 g/mol. The van der Waals surface area contributed by atoms with Gasteiger partial charge in [-0.15, -0.1) is 0 Å². The SMILES string of the molecule is CCC(CC)Oc1c(Cl)cc(Cl)cc1C=CC(=O)O. The summed E-state index contributed by atoms with van der Waals surface area (Å²) < 4.78 is 5.83. The Balaban J connectivity index is 3.16. The molecule has 19 heavy (non-hydrogen) atoms. The van der Waals surface area contributed by atoms with Crippen LogP contribution < -0.4 is 4.74 Å². The van der Waals surface area contributed by atoms with E-state index in [0.717, 1.165) is 18.9 Å². The number of hydrogen-bond donors (Lipinski definition) is 1. The van der Waals surface area contributed by atoms with Crippen molar-refractivity contribution in [2.45, 2.75) is 32.8 Å². The number of ether oxygens (including phenoxy) is 1. The van der Waals surface area contributed by atoms with E-state index in [9.17, 15) is 4.79 Å². The van der Waals surface area contributed by atoms with Crippen LogP contribution in [0, 0.1) is 0 Å². The maximum Gasteiger partial charge on any atom is 0.328 e. The van der Waals surface area contributed by atoms with Crippen LogP contribution in [0.25, 0.3) is 6.08 Å². The largest absolute Gasteiger partial charge is 0.488 e. The Hall–Kier alpha value is -1.19. The van der Waals surface area contributed by atoms with Crippen LogP contribution in [0.1, 0.15) is 32.3 Å². The van der Waals surface area contributed by atoms with E-state index in [4.69, 9.17) is 33.0 Å². The first kappa shape index (κ1) is 15.9. The summed E-state index contributed by atoms with van der Waals surface area (Å²) in [6, 6.07) is 3.21. The van der Waals surface area contributed by atoms with Crippen LogP contribution in [0.15, 0.2) is 18.2 Å². The maximum absolute atomic E-state index is 10.6. The Bertz CT molecular complexity index is 480. The van der Waals surface area contributed by atoms with Crippen LogP contribution in [-0.2, 0) is 4.79 Å². The second-order valence-electron chi connectivity index (χ2n) is 4.03. The molecule has 104 valence electrons. The van der Waals surface area contributed by atoms with E-state index in [0.29, 0.717) is 21.4 Å². The molecule has 0 aromatic heterocycles. The zero-order chi connectivity index (χ0) is 14.4. The van der Waals surface area contributed by atoms with E-state index in [1.807, 2.05) is 13.8 Å². The molecular weight excluding hydrogens is 287 g/mol. The van der Waals surface area contributed by atoms with Gasteiger partial charge in [0.1, 0.15) is 5.75 Å². The molecule has 0 aliphatic carbocycles. The maximum atomic E-state index is 10.6. The lowest BCUT2D eigenvalue weighted by atomic mass is 10.1. The third kappa shape index (κ3) is 4.77. The van der Waals surface area contributed by atoms with Gasteiger partial charge in [-0.25, -0.2) is 4.79 Å². The third-order valence-electron chi connectivity index (χ3n) is 2.64. The first-order chi connectivity index (χ1) is 8.97. The van der Waals surface area contributed by atoms with Gasteiger partial charge in [0.05, 0.1) is 11.1 Å². The van der Waals surface area contributed by atoms with Crippen LogP contribution in [0.4, 0.5) is 0 Å². The Kier molecular flexibility index (Phi) is 6.19. The number of rotatable bonds is 6. The smallest absolute Gasteiger partial charge is 0.328 e. The number of aliphatic carboxylic acids is 1. The summed E-state index contributed by atoms with van der Waals surface area (Å²) in [6.45, 7) is 4.04. The fraction of sp³-hybridized carbons (Fsp3) is 0.357. The van der Waals surface area contributed by atoms with Crippen LogP contribution >= 0.6 is 23.2 Å². The number of carbonyl (C=O) groups is 1. The normalized spacial score (nSPS) is 11.2. The fourth-order valence-corrected chi connectivity index (χ4v) is 2.17. The summed E-state index contributed by atoms with van der Waals surface area (Å²) in [5.41, 5.74) is 0.562. The summed E-state index contributed by atoms with van der Waals surface area (Å²) in [7, 11) is 0. The van der Waals surface area contributed by atoms with Crippen molar-refractivity contribution in [3.63, 3.8) is 0 Å². The van der Waals surface area contributed by atoms with Gasteiger partial charge in [-0.3, -0.25) is 0 Å². The van der Waals surface area contributed by atoms with Gasteiger partial charge in [0, 0.05) is 16.7 Å². The fourth-order valence-electron chi connectivity index (χ4n) is 1.61. The van der Waals surface area contributed by atoms with Crippen LogP contribution in [0.3, 0.4) is 0 Å². The molecule has 0 atom stereocenters. The molecule has 0 spiro atoms. The van der Waals surface area contributed by atoms with E-state index < -0.39 is 5.97 Å². The van der Waals surface area contributed by atoms with Gasteiger partial charge in [0.2, 0.25) is 0 Å². The van der Waals surface area contributed by atoms with Crippen molar-refractivity contribution in [3.8, 4) is 5.75 Å². The number of halogens is 2. The van der Waals surface area contributed by atoms with E-state index >= 15 is 0 Å². The van der Waals surface area contributed by atoms with E-state index in [2.05, 4.69) is 0 Å². The van der Waals surface area contributed by atoms with Crippen molar-refractivity contribution < 1.29 is 14.6 Å². The Morgan fingerprint density at radius 1 is 1.37 bits per heavy atom. The molecule has 0 radical (unpaired) electrons. The molecule has 0 amide bonds. The molecule has 0 fully saturated rings. The third-order valence-corrected chi connectivity index (χ3v) is 3.14. The monoisotopic (exact) mass is 302 g/mol. The minimum absolute atomic E-state index is 0.0376. The van der Waals surface area contributed by atoms with Gasteiger partial charge < -0.3 is 9.84 Å². The van der Waals surface area contributed by atoms with Crippen molar-refractivity contribution in [1.82, 2.24) is 0 Å².